The molecule has 0 spiro atoms. The zero-order chi connectivity index (χ0) is 26.0. The molecule has 0 bridgehead atoms. The normalized spacial score (nSPS) is 18.2. The maximum Gasteiger partial charge on any atom is 0.586 e. The van der Waals surface area contributed by atoms with Crippen LogP contribution in [0.2, 0.25) is 0 Å². The number of hydrogen-bond acceptors (Lipinski definition) is 5. The molecule has 196 valence electrons. The number of aliphatic hydroxyl groups excluding tert-OH is 1. The van der Waals surface area contributed by atoms with Gasteiger partial charge in [0.1, 0.15) is 0 Å². The fourth-order valence-corrected chi connectivity index (χ4v) is 4.69. The van der Waals surface area contributed by atoms with E-state index >= 15 is 0 Å². The maximum atomic E-state index is 13.4. The van der Waals surface area contributed by atoms with Crippen LogP contribution in [0.15, 0.2) is 42.5 Å². The Kier molecular flexibility index (Phi) is 5.29. The molecule has 1 saturated carbocycles. The van der Waals surface area contributed by atoms with Crippen molar-refractivity contribution in [2.45, 2.75) is 63.4 Å². The average Bonchev–Trinajstić information content (AvgIpc) is 3.42. The lowest BCUT2D eigenvalue weighted by atomic mass is 9.92. The summed E-state index contributed by atoms with van der Waals surface area (Å²) in [4.78, 5) is 24.5. The largest absolute Gasteiger partial charge is 0.586 e. The van der Waals surface area contributed by atoms with Crippen LogP contribution < -0.4 is 14.8 Å². The van der Waals surface area contributed by atoms with E-state index in [9.17, 15) is 28.6 Å². The Morgan fingerprint density at radius 1 is 1.11 bits per heavy atom. The van der Waals surface area contributed by atoms with Gasteiger partial charge >= 0.3 is 12.3 Å². The highest BCUT2D eigenvalue weighted by Gasteiger charge is 2.52. The summed E-state index contributed by atoms with van der Waals surface area (Å²) in [6, 6.07) is 11.6. The number of nitrogens with one attached hydrogen (secondary N) is 1. The number of aliphatic carboxylic acids is 1. The molecule has 1 amide bonds. The molecule has 0 radical (unpaired) electrons. The first kappa shape index (κ1) is 24.1. The lowest BCUT2D eigenvalue weighted by Gasteiger charge is -2.23. The van der Waals surface area contributed by atoms with Gasteiger partial charge in [-0.15, -0.1) is 8.78 Å². The first-order valence-electron chi connectivity index (χ1n) is 11.6. The number of amides is 1. The summed E-state index contributed by atoms with van der Waals surface area (Å²) in [6.07, 6.45) is -4.15. The smallest absolute Gasteiger partial charge is 0.479 e. The first-order chi connectivity index (χ1) is 16.8. The predicted molar refractivity (Wildman–Crippen MR) is 133 cm³/mol. The molecule has 5 rings (SSSR count). The molecule has 10 heteroatoms. The van der Waals surface area contributed by atoms with Crippen LogP contribution in [0.3, 0.4) is 0 Å². The highest BCUT2D eigenvalue weighted by Crippen LogP contribution is 2.52. The summed E-state index contributed by atoms with van der Waals surface area (Å²) in [5.74, 6) is -1.73. The van der Waals surface area contributed by atoms with E-state index in [1.54, 1.807) is 28.8 Å². The summed E-state index contributed by atoms with van der Waals surface area (Å²) in [6.45, 7) is 5.87. The Morgan fingerprint density at radius 2 is 1.81 bits per heavy atom. The van der Waals surface area contributed by atoms with Crippen molar-refractivity contribution in [3.63, 3.8) is 0 Å². The minimum absolute atomic E-state index is 0. The topological polar surface area (TPSA) is 110 Å². The number of aliphatic hydroxyl groups is 1. The van der Waals surface area contributed by atoms with E-state index in [1.807, 2.05) is 26.8 Å². The van der Waals surface area contributed by atoms with Gasteiger partial charge in [0.05, 0.1) is 12.0 Å². The molecular formula is C26H32F2N2O6. The number of nitrogens with zero attached hydrogens (tertiary/aromatic N) is 1. The molecule has 36 heavy (non-hydrogen) atoms. The molecule has 1 aromatic heterocycles. The molecule has 0 saturated heterocycles. The van der Waals surface area contributed by atoms with Crippen molar-refractivity contribution in [3.8, 4) is 11.5 Å². The summed E-state index contributed by atoms with van der Waals surface area (Å²) >= 11 is 0. The monoisotopic (exact) mass is 506 g/mol. The lowest BCUT2D eigenvalue weighted by Crippen LogP contribution is -2.28. The van der Waals surface area contributed by atoms with Crippen molar-refractivity contribution in [1.82, 2.24) is 4.57 Å². The first-order valence-corrected chi connectivity index (χ1v) is 11.6. The van der Waals surface area contributed by atoms with E-state index in [0.29, 0.717) is 24.1 Å². The van der Waals surface area contributed by atoms with Crippen molar-refractivity contribution < 1.29 is 42.3 Å². The fourth-order valence-electron chi connectivity index (χ4n) is 4.69. The Bertz CT molecular complexity index is 1400. The summed E-state index contributed by atoms with van der Waals surface area (Å²) in [5.41, 5.74) is 1.52. The van der Waals surface area contributed by atoms with E-state index < -0.39 is 23.8 Å². The Morgan fingerprint density at radius 3 is 2.44 bits per heavy atom. The van der Waals surface area contributed by atoms with Crippen LogP contribution in [0.5, 0.6) is 11.5 Å². The second kappa shape index (κ2) is 7.92. The molecule has 1 unspecified atom stereocenters. The van der Waals surface area contributed by atoms with E-state index in [-0.39, 0.29) is 33.6 Å². The Labute approximate surface area is 209 Å². The molecule has 3 N–H and O–H groups in total. The third-order valence-electron chi connectivity index (χ3n) is 6.71. The van der Waals surface area contributed by atoms with Gasteiger partial charge in [-0.05, 0) is 54.8 Å². The van der Waals surface area contributed by atoms with Crippen LogP contribution in [0.1, 0.15) is 49.2 Å². The van der Waals surface area contributed by atoms with Crippen molar-refractivity contribution in [2.24, 2.45) is 0 Å². The van der Waals surface area contributed by atoms with Gasteiger partial charge in [0.2, 0.25) is 5.91 Å². The molecule has 1 fully saturated rings. The van der Waals surface area contributed by atoms with Crippen LogP contribution in [-0.2, 0) is 27.0 Å². The molecule has 1 atom stereocenters. The minimum atomic E-state index is -3.72. The predicted octanol–water partition coefficient (Wildman–Crippen LogP) is 5.11. The second-order valence-electron chi connectivity index (χ2n) is 10.4. The van der Waals surface area contributed by atoms with E-state index in [2.05, 4.69) is 14.8 Å². The van der Waals surface area contributed by atoms with Gasteiger partial charge in [-0.2, -0.15) is 0 Å². The number of carboxylic acids is 1. The molecule has 3 aromatic rings. The summed E-state index contributed by atoms with van der Waals surface area (Å²) < 4.78 is 37.6. The van der Waals surface area contributed by atoms with Gasteiger partial charge in [-0.1, -0.05) is 26.8 Å². The highest BCUT2D eigenvalue weighted by molar-refractivity contribution is 6.02. The molecule has 2 heterocycles. The van der Waals surface area contributed by atoms with Gasteiger partial charge in [0.25, 0.3) is 0 Å². The number of ether oxygens (including phenoxy) is 2. The van der Waals surface area contributed by atoms with Crippen molar-refractivity contribution in [1.29, 1.82) is 0 Å². The Balaban J connectivity index is 0.00000178. The van der Waals surface area contributed by atoms with Crippen LogP contribution in [0, 0.1) is 0 Å². The number of carbonyl (C=O) groups is 2. The number of rotatable bonds is 6. The van der Waals surface area contributed by atoms with Crippen molar-refractivity contribution >= 4 is 28.5 Å². The van der Waals surface area contributed by atoms with Crippen LogP contribution in [0.25, 0.3) is 10.9 Å². The number of anilines is 1. The second-order valence-corrected chi connectivity index (χ2v) is 10.4. The molecule has 1 aliphatic carbocycles. The molecular weight excluding hydrogens is 474 g/mol. The number of halogens is 2. The number of benzene rings is 2. The molecule has 1 aliphatic heterocycles. The standard InChI is InChI=1S/C26H26F2N2O6.3H2/c1-24(2,3)21-11-14-10-16(5-6-17(14)30(21)13-18(31)22(32)33)29-23(34)25(8-9-25)15-4-7-19-20(12-15)36-26(27,28)35-19;;;/h4-7,10-12,18,31H,8-9,13H2,1-3H3,(H,29,34)(H,32,33);3*1H. The SMILES string of the molecule is CC(C)(C)c1cc2cc(NC(=O)C3(c4ccc5c(c4)OC(F)(F)O5)CC3)ccc2n1CC(O)C(=O)O.[HH].[HH].[HH]. The zero-order valence-electron chi connectivity index (χ0n) is 20.0. The quantitative estimate of drug-likeness (QED) is 0.428. The van der Waals surface area contributed by atoms with E-state index in [0.717, 1.165) is 16.6 Å². The van der Waals surface area contributed by atoms with Gasteiger partial charge in [-0.3, -0.25) is 4.79 Å². The van der Waals surface area contributed by atoms with E-state index in [4.69, 9.17) is 0 Å². The minimum Gasteiger partial charge on any atom is -0.479 e. The lowest BCUT2D eigenvalue weighted by molar-refractivity contribution is -0.286. The van der Waals surface area contributed by atoms with Crippen LogP contribution in [-0.4, -0.2) is 39.1 Å². The number of alkyl halides is 2. The molecule has 2 aromatic carbocycles. The number of aromatic nitrogens is 1. The summed E-state index contributed by atoms with van der Waals surface area (Å²) in [7, 11) is 0. The number of carboxylic acid groups (broad SMARTS) is 1. The van der Waals surface area contributed by atoms with Gasteiger partial charge in [-0.25, -0.2) is 4.79 Å². The maximum absolute atomic E-state index is 13.4. The van der Waals surface area contributed by atoms with Crippen molar-refractivity contribution in [2.75, 3.05) is 5.32 Å². The third kappa shape index (κ3) is 4.15. The van der Waals surface area contributed by atoms with Crippen LogP contribution in [0.4, 0.5) is 14.5 Å². The third-order valence-corrected chi connectivity index (χ3v) is 6.71. The van der Waals surface area contributed by atoms with Crippen LogP contribution >= 0.6 is 0 Å². The fraction of sp³-hybridized carbons (Fsp3) is 0.385. The zero-order valence-corrected chi connectivity index (χ0v) is 20.0. The molecule has 8 nitrogen and oxygen atoms in total. The van der Waals surface area contributed by atoms with E-state index in [1.165, 1.54) is 12.1 Å². The number of fused-ring (bicyclic) bond motifs is 2. The molecule has 2 aliphatic rings. The van der Waals surface area contributed by atoms with Gasteiger partial charge < -0.3 is 29.6 Å². The summed E-state index contributed by atoms with van der Waals surface area (Å²) in [5, 5.41) is 22.9. The highest BCUT2D eigenvalue weighted by atomic mass is 19.3. The van der Waals surface area contributed by atoms with Gasteiger partial charge in [0.15, 0.2) is 17.6 Å². The van der Waals surface area contributed by atoms with Gasteiger partial charge in [0, 0.05) is 32.0 Å². The number of hydrogen-bond donors (Lipinski definition) is 3. The number of carbonyl (C=O) groups excluding carboxylic acids is 1. The average molecular weight is 507 g/mol. The Hall–Kier alpha value is -3.66. The van der Waals surface area contributed by atoms with Crippen molar-refractivity contribution in [3.05, 3.63) is 53.7 Å².